The molecule has 0 aliphatic heterocycles. The predicted molar refractivity (Wildman–Crippen MR) is 60.9 cm³/mol. The van der Waals surface area contributed by atoms with Gasteiger partial charge in [0, 0.05) is 7.11 Å². The highest BCUT2D eigenvalue weighted by Gasteiger charge is 2.28. The molecule has 6 nitrogen and oxygen atoms in total. The van der Waals surface area contributed by atoms with E-state index in [0.29, 0.717) is 11.5 Å². The molecule has 0 radical (unpaired) electrons. The highest BCUT2D eigenvalue weighted by Crippen LogP contribution is 2.19. The van der Waals surface area contributed by atoms with Crippen LogP contribution in [0.15, 0.2) is 22.9 Å². The summed E-state index contributed by atoms with van der Waals surface area (Å²) in [6, 6.07) is 2.72. The van der Waals surface area contributed by atoms with Crippen molar-refractivity contribution in [2.24, 2.45) is 5.73 Å². The third-order valence-electron chi connectivity index (χ3n) is 2.33. The summed E-state index contributed by atoms with van der Waals surface area (Å²) in [5.41, 5.74) is 5.52. The summed E-state index contributed by atoms with van der Waals surface area (Å²) in [6.45, 7) is 1.98. The van der Waals surface area contributed by atoms with Crippen LogP contribution >= 0.6 is 0 Å². The maximum atomic E-state index is 12.7. The molecule has 7 heteroatoms. The molecule has 0 amide bonds. The summed E-state index contributed by atoms with van der Waals surface area (Å²) in [7, 11) is 1.54. The van der Waals surface area contributed by atoms with Crippen molar-refractivity contribution in [3.05, 3.63) is 30.0 Å². The molecule has 0 fully saturated rings. The lowest BCUT2D eigenvalue weighted by atomic mass is 10.1. The van der Waals surface area contributed by atoms with Gasteiger partial charge in [0.1, 0.15) is 17.1 Å². The molecule has 0 spiro atoms. The number of nitrogens with two attached hydrogens (primary N) is 1. The molecule has 2 N–H and O–H groups in total. The lowest BCUT2D eigenvalue weighted by molar-refractivity contribution is 0.135. The molecule has 2 heterocycles. The van der Waals surface area contributed by atoms with Gasteiger partial charge in [0.05, 0.1) is 12.8 Å². The van der Waals surface area contributed by atoms with Gasteiger partial charge in [-0.25, -0.2) is 9.37 Å². The second-order valence-electron chi connectivity index (χ2n) is 4.14. The fourth-order valence-electron chi connectivity index (χ4n) is 1.43. The Kier molecular flexibility index (Phi) is 3.35. The van der Waals surface area contributed by atoms with E-state index in [1.807, 2.05) is 0 Å². The second-order valence-corrected chi connectivity index (χ2v) is 4.14. The number of rotatable bonds is 4. The van der Waals surface area contributed by atoms with Gasteiger partial charge in [-0.05, 0) is 19.1 Å². The van der Waals surface area contributed by atoms with Gasteiger partial charge in [0.2, 0.25) is 0 Å². The maximum absolute atomic E-state index is 12.7. The van der Waals surface area contributed by atoms with Gasteiger partial charge in [0.25, 0.3) is 5.89 Å². The maximum Gasteiger partial charge on any atom is 0.276 e. The third kappa shape index (κ3) is 2.52. The average molecular weight is 252 g/mol. The van der Waals surface area contributed by atoms with Crippen LogP contribution in [-0.4, -0.2) is 28.8 Å². The fraction of sp³-hybridized carbons (Fsp3) is 0.364. The quantitative estimate of drug-likeness (QED) is 0.876. The van der Waals surface area contributed by atoms with Gasteiger partial charge in [-0.2, -0.15) is 4.98 Å². The average Bonchev–Trinajstić information content (AvgIpc) is 2.80. The standard InChI is InChI=1S/C11H13FN4O2/c1-11(13,6-17-2)10-15-9(18-16-10)8-4-3-7(12)5-14-8/h3-5H,6,13H2,1-2H3. The van der Waals surface area contributed by atoms with Crippen molar-refractivity contribution < 1.29 is 13.7 Å². The molecular weight excluding hydrogens is 239 g/mol. The van der Waals surface area contributed by atoms with E-state index in [1.54, 1.807) is 6.92 Å². The first-order valence-corrected chi connectivity index (χ1v) is 5.27. The molecule has 1 unspecified atom stereocenters. The molecular formula is C11H13FN4O2. The van der Waals surface area contributed by atoms with E-state index in [-0.39, 0.29) is 12.5 Å². The van der Waals surface area contributed by atoms with E-state index in [2.05, 4.69) is 15.1 Å². The van der Waals surface area contributed by atoms with E-state index in [9.17, 15) is 4.39 Å². The summed E-state index contributed by atoms with van der Waals surface area (Å²) >= 11 is 0. The van der Waals surface area contributed by atoms with Crippen LogP contribution in [0.4, 0.5) is 4.39 Å². The largest absolute Gasteiger partial charge is 0.382 e. The SMILES string of the molecule is COCC(C)(N)c1noc(-c2ccc(F)cn2)n1. The van der Waals surface area contributed by atoms with Gasteiger partial charge < -0.3 is 15.0 Å². The van der Waals surface area contributed by atoms with Crippen LogP contribution in [0.5, 0.6) is 0 Å². The Balaban J connectivity index is 2.28. The Morgan fingerprint density at radius 3 is 2.89 bits per heavy atom. The van der Waals surface area contributed by atoms with Gasteiger partial charge in [-0.15, -0.1) is 0 Å². The molecule has 2 rings (SSSR count). The summed E-state index contributed by atoms with van der Waals surface area (Å²) < 4.78 is 22.8. The Labute approximate surface area is 103 Å². The molecule has 96 valence electrons. The van der Waals surface area contributed by atoms with E-state index in [0.717, 1.165) is 6.20 Å². The molecule has 0 aromatic carbocycles. The van der Waals surface area contributed by atoms with Gasteiger partial charge in [-0.3, -0.25) is 0 Å². The fourth-order valence-corrected chi connectivity index (χ4v) is 1.43. The van der Waals surface area contributed by atoms with Crippen LogP contribution in [0.25, 0.3) is 11.6 Å². The van der Waals surface area contributed by atoms with Crippen LogP contribution in [0.1, 0.15) is 12.7 Å². The van der Waals surface area contributed by atoms with Crippen molar-refractivity contribution in [2.45, 2.75) is 12.5 Å². The number of hydrogen-bond acceptors (Lipinski definition) is 6. The highest BCUT2D eigenvalue weighted by atomic mass is 19.1. The Bertz CT molecular complexity index is 524. The van der Waals surface area contributed by atoms with Crippen LogP contribution in [0, 0.1) is 5.82 Å². The summed E-state index contributed by atoms with van der Waals surface area (Å²) in [5, 5.41) is 3.78. The van der Waals surface area contributed by atoms with E-state index < -0.39 is 11.4 Å². The Hall–Kier alpha value is -1.86. The molecule has 2 aromatic rings. The topological polar surface area (TPSA) is 87.1 Å². The number of ether oxygens (including phenoxy) is 1. The van der Waals surface area contributed by atoms with Crippen LogP contribution < -0.4 is 5.73 Å². The number of aromatic nitrogens is 3. The number of hydrogen-bond donors (Lipinski definition) is 1. The van der Waals surface area contributed by atoms with E-state index in [4.69, 9.17) is 15.0 Å². The number of nitrogens with zero attached hydrogens (tertiary/aromatic N) is 3. The van der Waals surface area contributed by atoms with Crippen molar-refractivity contribution in [1.82, 2.24) is 15.1 Å². The lowest BCUT2D eigenvalue weighted by Gasteiger charge is -2.18. The Morgan fingerprint density at radius 2 is 2.28 bits per heavy atom. The monoisotopic (exact) mass is 252 g/mol. The molecule has 0 bridgehead atoms. The number of halogens is 1. The molecule has 0 saturated carbocycles. The molecule has 18 heavy (non-hydrogen) atoms. The van der Waals surface area contributed by atoms with Crippen LogP contribution in [0.2, 0.25) is 0 Å². The molecule has 2 aromatic heterocycles. The minimum absolute atomic E-state index is 0.192. The van der Waals surface area contributed by atoms with Crippen molar-refractivity contribution in [1.29, 1.82) is 0 Å². The summed E-state index contributed by atoms with van der Waals surface area (Å²) in [4.78, 5) is 7.98. The highest BCUT2D eigenvalue weighted by molar-refractivity contribution is 5.45. The first-order valence-electron chi connectivity index (χ1n) is 5.27. The molecule has 0 aliphatic carbocycles. The van der Waals surface area contributed by atoms with Crippen molar-refractivity contribution in [3.63, 3.8) is 0 Å². The van der Waals surface area contributed by atoms with Crippen molar-refractivity contribution in [3.8, 4) is 11.6 Å². The smallest absolute Gasteiger partial charge is 0.276 e. The van der Waals surface area contributed by atoms with Gasteiger partial charge in [0.15, 0.2) is 5.82 Å². The first-order chi connectivity index (χ1) is 8.53. The summed E-state index contributed by atoms with van der Waals surface area (Å²) in [5.74, 6) is 0.0739. The van der Waals surface area contributed by atoms with Crippen LogP contribution in [-0.2, 0) is 10.3 Å². The van der Waals surface area contributed by atoms with Gasteiger partial charge >= 0.3 is 0 Å². The predicted octanol–water partition coefficient (Wildman–Crippen LogP) is 1.09. The van der Waals surface area contributed by atoms with Crippen molar-refractivity contribution in [2.75, 3.05) is 13.7 Å². The molecule has 1 atom stereocenters. The minimum atomic E-state index is -0.851. The summed E-state index contributed by atoms with van der Waals surface area (Å²) in [6.07, 6.45) is 1.08. The zero-order valence-corrected chi connectivity index (χ0v) is 10.1. The van der Waals surface area contributed by atoms with Gasteiger partial charge in [-0.1, -0.05) is 5.16 Å². The van der Waals surface area contributed by atoms with E-state index >= 15 is 0 Å². The first kappa shape index (κ1) is 12.6. The molecule has 0 aliphatic rings. The zero-order chi connectivity index (χ0) is 13.2. The lowest BCUT2D eigenvalue weighted by Crippen LogP contribution is -2.38. The van der Waals surface area contributed by atoms with Crippen molar-refractivity contribution >= 4 is 0 Å². The number of pyridine rings is 1. The zero-order valence-electron chi connectivity index (χ0n) is 10.1. The number of methoxy groups -OCH3 is 1. The Morgan fingerprint density at radius 1 is 1.50 bits per heavy atom. The second kappa shape index (κ2) is 4.79. The molecule has 0 saturated heterocycles. The van der Waals surface area contributed by atoms with E-state index in [1.165, 1.54) is 19.2 Å². The third-order valence-corrected chi connectivity index (χ3v) is 2.33. The minimum Gasteiger partial charge on any atom is -0.382 e. The normalized spacial score (nSPS) is 14.4. The van der Waals surface area contributed by atoms with Crippen LogP contribution in [0.3, 0.4) is 0 Å².